The van der Waals surface area contributed by atoms with Crippen LogP contribution < -0.4 is 0 Å². The molecule has 0 heterocycles. The Morgan fingerprint density at radius 1 is 1.46 bits per heavy atom. The zero-order valence-corrected chi connectivity index (χ0v) is 8.21. The monoisotopic (exact) mass is 184 g/mol. The molecule has 0 spiro atoms. The molecular formula is C10H16O3. The average molecular weight is 184 g/mol. The van der Waals surface area contributed by atoms with Gasteiger partial charge in [-0.3, -0.25) is 9.59 Å². The van der Waals surface area contributed by atoms with Gasteiger partial charge in [-0.05, 0) is 5.92 Å². The van der Waals surface area contributed by atoms with Crippen LogP contribution in [-0.4, -0.2) is 18.4 Å². The molecule has 0 unspecified atom stereocenters. The number of rotatable bonds is 6. The van der Waals surface area contributed by atoms with E-state index in [1.807, 2.05) is 13.8 Å². The van der Waals surface area contributed by atoms with E-state index < -0.39 is 5.97 Å². The zero-order valence-electron chi connectivity index (χ0n) is 8.21. The van der Waals surface area contributed by atoms with E-state index in [9.17, 15) is 9.59 Å². The molecule has 0 aromatic heterocycles. The van der Waals surface area contributed by atoms with Crippen molar-refractivity contribution in [1.82, 2.24) is 0 Å². The molecule has 74 valence electrons. The number of esters is 1. The van der Waals surface area contributed by atoms with Crippen LogP contribution in [0.3, 0.4) is 0 Å². The van der Waals surface area contributed by atoms with Crippen LogP contribution in [-0.2, 0) is 14.3 Å². The SMILES string of the molecule is C=CCOC(=O)CC(=O)CC(C)C. The maximum Gasteiger partial charge on any atom is 0.313 e. The third kappa shape index (κ3) is 7.25. The maximum absolute atomic E-state index is 11.1. The molecule has 0 bridgehead atoms. The van der Waals surface area contributed by atoms with E-state index >= 15 is 0 Å². The van der Waals surface area contributed by atoms with Crippen LogP contribution in [0.2, 0.25) is 0 Å². The van der Waals surface area contributed by atoms with E-state index in [1.54, 1.807) is 0 Å². The predicted molar refractivity (Wildman–Crippen MR) is 50.2 cm³/mol. The summed E-state index contributed by atoms with van der Waals surface area (Å²) in [4.78, 5) is 22.0. The van der Waals surface area contributed by atoms with Gasteiger partial charge < -0.3 is 4.74 Å². The van der Waals surface area contributed by atoms with Crippen molar-refractivity contribution in [1.29, 1.82) is 0 Å². The standard InChI is InChI=1S/C10H16O3/c1-4-5-13-10(12)7-9(11)6-8(2)3/h4,8H,1,5-7H2,2-3H3. The Morgan fingerprint density at radius 2 is 2.08 bits per heavy atom. The van der Waals surface area contributed by atoms with Gasteiger partial charge >= 0.3 is 5.97 Å². The van der Waals surface area contributed by atoms with Gasteiger partial charge in [0, 0.05) is 6.42 Å². The Hall–Kier alpha value is -1.12. The van der Waals surface area contributed by atoms with Crippen molar-refractivity contribution in [2.24, 2.45) is 5.92 Å². The van der Waals surface area contributed by atoms with E-state index in [2.05, 4.69) is 11.3 Å². The van der Waals surface area contributed by atoms with Crippen LogP contribution in [0.15, 0.2) is 12.7 Å². The molecule has 0 saturated heterocycles. The maximum atomic E-state index is 11.1. The Balaban J connectivity index is 3.65. The first-order chi connectivity index (χ1) is 6.06. The van der Waals surface area contributed by atoms with E-state index in [0.717, 1.165) is 0 Å². The lowest BCUT2D eigenvalue weighted by atomic mass is 10.1. The summed E-state index contributed by atoms with van der Waals surface area (Å²) >= 11 is 0. The lowest BCUT2D eigenvalue weighted by Gasteiger charge is -2.03. The van der Waals surface area contributed by atoms with E-state index in [1.165, 1.54) is 6.08 Å². The summed E-state index contributed by atoms with van der Waals surface area (Å²) in [6.45, 7) is 7.45. The quantitative estimate of drug-likeness (QED) is 0.358. The Kier molecular flexibility index (Phi) is 5.85. The topological polar surface area (TPSA) is 43.4 Å². The van der Waals surface area contributed by atoms with Gasteiger partial charge in [0.15, 0.2) is 0 Å². The summed E-state index contributed by atoms with van der Waals surface area (Å²) in [6, 6.07) is 0. The molecule has 0 aromatic rings. The minimum atomic E-state index is -0.467. The fraction of sp³-hybridized carbons (Fsp3) is 0.600. The van der Waals surface area contributed by atoms with E-state index in [-0.39, 0.29) is 18.8 Å². The highest BCUT2D eigenvalue weighted by atomic mass is 16.5. The molecule has 0 aliphatic heterocycles. The molecular weight excluding hydrogens is 168 g/mol. The molecule has 0 aliphatic carbocycles. The minimum absolute atomic E-state index is 0.0657. The normalized spacial score (nSPS) is 9.77. The van der Waals surface area contributed by atoms with Crippen molar-refractivity contribution in [3.05, 3.63) is 12.7 Å². The first-order valence-electron chi connectivity index (χ1n) is 4.34. The molecule has 0 atom stereocenters. The van der Waals surface area contributed by atoms with E-state index in [4.69, 9.17) is 0 Å². The number of Topliss-reactive ketones (excluding diaryl/α,β-unsaturated/α-hetero) is 1. The summed E-state index contributed by atoms with van der Waals surface area (Å²) in [7, 11) is 0. The van der Waals surface area contributed by atoms with Crippen molar-refractivity contribution in [3.63, 3.8) is 0 Å². The fourth-order valence-corrected chi connectivity index (χ4v) is 0.891. The largest absolute Gasteiger partial charge is 0.461 e. The molecule has 0 aliphatic rings. The van der Waals surface area contributed by atoms with Crippen LogP contribution in [0, 0.1) is 5.92 Å². The van der Waals surface area contributed by atoms with Gasteiger partial charge in [0.05, 0.1) is 0 Å². The second-order valence-corrected chi connectivity index (χ2v) is 3.29. The third-order valence-electron chi connectivity index (χ3n) is 1.34. The lowest BCUT2D eigenvalue weighted by molar-refractivity contribution is -0.145. The Bertz CT molecular complexity index is 194. The molecule has 3 heteroatoms. The molecule has 3 nitrogen and oxygen atoms in total. The van der Waals surface area contributed by atoms with Crippen molar-refractivity contribution in [2.75, 3.05) is 6.61 Å². The van der Waals surface area contributed by atoms with Crippen LogP contribution in [0.4, 0.5) is 0 Å². The molecule has 0 N–H and O–H groups in total. The number of hydrogen-bond acceptors (Lipinski definition) is 3. The number of carbonyl (C=O) groups excluding carboxylic acids is 2. The molecule has 13 heavy (non-hydrogen) atoms. The summed E-state index contributed by atoms with van der Waals surface area (Å²) < 4.78 is 4.67. The summed E-state index contributed by atoms with van der Waals surface area (Å²) in [5.74, 6) is -0.241. The van der Waals surface area contributed by atoms with Gasteiger partial charge in [-0.2, -0.15) is 0 Å². The molecule has 0 radical (unpaired) electrons. The smallest absolute Gasteiger partial charge is 0.313 e. The molecule has 0 rings (SSSR count). The zero-order chi connectivity index (χ0) is 10.3. The van der Waals surface area contributed by atoms with Crippen molar-refractivity contribution in [3.8, 4) is 0 Å². The minimum Gasteiger partial charge on any atom is -0.461 e. The Labute approximate surface area is 78.8 Å². The van der Waals surface area contributed by atoms with Crippen molar-refractivity contribution < 1.29 is 14.3 Å². The van der Waals surface area contributed by atoms with Crippen LogP contribution in [0.1, 0.15) is 26.7 Å². The fourth-order valence-electron chi connectivity index (χ4n) is 0.891. The van der Waals surface area contributed by atoms with Crippen LogP contribution >= 0.6 is 0 Å². The highest BCUT2D eigenvalue weighted by molar-refractivity contribution is 5.95. The summed E-state index contributed by atoms with van der Waals surface area (Å²) in [5.41, 5.74) is 0. The van der Waals surface area contributed by atoms with Crippen molar-refractivity contribution >= 4 is 11.8 Å². The van der Waals surface area contributed by atoms with Gasteiger partial charge in [0.25, 0.3) is 0 Å². The van der Waals surface area contributed by atoms with Crippen molar-refractivity contribution in [2.45, 2.75) is 26.7 Å². The van der Waals surface area contributed by atoms with Gasteiger partial charge in [0.1, 0.15) is 18.8 Å². The highest BCUT2D eigenvalue weighted by Gasteiger charge is 2.11. The number of hydrogen-bond donors (Lipinski definition) is 0. The molecule has 0 amide bonds. The number of ether oxygens (including phenoxy) is 1. The number of carbonyl (C=O) groups is 2. The first-order valence-corrected chi connectivity index (χ1v) is 4.34. The first kappa shape index (κ1) is 11.9. The highest BCUT2D eigenvalue weighted by Crippen LogP contribution is 2.03. The van der Waals surface area contributed by atoms with Gasteiger partial charge in [0.2, 0.25) is 0 Å². The summed E-state index contributed by atoms with van der Waals surface area (Å²) in [6.07, 6.45) is 1.79. The average Bonchev–Trinajstić information content (AvgIpc) is 1.98. The second kappa shape index (κ2) is 6.40. The molecule has 0 fully saturated rings. The van der Waals surface area contributed by atoms with Crippen LogP contribution in [0.25, 0.3) is 0 Å². The lowest BCUT2D eigenvalue weighted by Crippen LogP contribution is -2.12. The van der Waals surface area contributed by atoms with Gasteiger partial charge in [-0.15, -0.1) is 0 Å². The summed E-state index contributed by atoms with van der Waals surface area (Å²) in [5, 5.41) is 0. The van der Waals surface area contributed by atoms with E-state index in [0.29, 0.717) is 12.3 Å². The van der Waals surface area contributed by atoms with Crippen LogP contribution in [0.5, 0.6) is 0 Å². The van der Waals surface area contributed by atoms with Gasteiger partial charge in [-0.1, -0.05) is 26.5 Å². The number of ketones is 1. The molecule has 0 saturated carbocycles. The second-order valence-electron chi connectivity index (χ2n) is 3.29. The Morgan fingerprint density at radius 3 is 2.54 bits per heavy atom. The third-order valence-corrected chi connectivity index (χ3v) is 1.34. The van der Waals surface area contributed by atoms with Gasteiger partial charge in [-0.25, -0.2) is 0 Å². The predicted octanol–water partition coefficient (Wildman–Crippen LogP) is 1.72. The molecule has 0 aromatic carbocycles.